The van der Waals surface area contributed by atoms with E-state index in [0.717, 1.165) is 6.54 Å². The third kappa shape index (κ3) is 2.13. The summed E-state index contributed by atoms with van der Waals surface area (Å²) in [6.07, 6.45) is 1.19. The van der Waals surface area contributed by atoms with Gasteiger partial charge in [-0.15, -0.1) is 10.2 Å². The average Bonchev–Trinajstić information content (AvgIpc) is 2.19. The molecule has 2 heterocycles. The van der Waals surface area contributed by atoms with Crippen molar-refractivity contribution in [2.24, 2.45) is 0 Å². The molecule has 0 aliphatic carbocycles. The topological polar surface area (TPSA) is 38.2 Å². The highest BCUT2D eigenvalue weighted by Gasteiger charge is 2.24. The van der Waals surface area contributed by atoms with Gasteiger partial charge >= 0.3 is 0 Å². The average molecular weight is 214 g/mol. The Labute approximate surface area is 87.8 Å². The Morgan fingerprint density at radius 2 is 2.43 bits per heavy atom. The molecule has 1 aromatic heterocycles. The molecule has 1 atom stereocenters. The maximum absolute atomic E-state index is 5.60. The molecule has 0 radical (unpaired) electrons. The molecule has 1 saturated heterocycles. The number of likely N-dealkylation sites (tertiary alicyclic amines) is 1. The van der Waals surface area contributed by atoms with Gasteiger partial charge in [-0.1, -0.05) is 11.6 Å². The first kappa shape index (κ1) is 9.68. The first-order chi connectivity index (χ1) is 6.75. The predicted molar refractivity (Wildman–Crippen MR) is 53.6 cm³/mol. The molecule has 76 valence electrons. The van der Waals surface area contributed by atoms with Gasteiger partial charge in [0.05, 0.1) is 0 Å². The van der Waals surface area contributed by atoms with Crippen LogP contribution in [0.5, 0.6) is 5.88 Å². The lowest BCUT2D eigenvalue weighted by Gasteiger charge is -2.37. The molecular weight excluding hydrogens is 202 g/mol. The number of likely N-dealkylation sites (N-methyl/N-ethyl adjacent to an activating group) is 1. The van der Waals surface area contributed by atoms with Gasteiger partial charge in [0.1, 0.15) is 6.61 Å². The number of aromatic nitrogens is 2. The van der Waals surface area contributed by atoms with Crippen molar-refractivity contribution in [3.8, 4) is 5.88 Å². The summed E-state index contributed by atoms with van der Waals surface area (Å²) in [5.41, 5.74) is 0. The zero-order valence-electron chi connectivity index (χ0n) is 7.98. The zero-order valence-corrected chi connectivity index (χ0v) is 8.74. The molecule has 5 heteroatoms. The number of rotatable bonds is 3. The van der Waals surface area contributed by atoms with Gasteiger partial charge in [-0.25, -0.2) is 0 Å². The molecule has 0 aromatic carbocycles. The summed E-state index contributed by atoms with van der Waals surface area (Å²) in [5, 5.41) is 7.89. The van der Waals surface area contributed by atoms with Crippen LogP contribution in [0.15, 0.2) is 12.1 Å². The van der Waals surface area contributed by atoms with E-state index >= 15 is 0 Å². The maximum Gasteiger partial charge on any atom is 0.233 e. The lowest BCUT2D eigenvalue weighted by atomic mass is 10.1. The van der Waals surface area contributed by atoms with Gasteiger partial charge in [0.25, 0.3) is 0 Å². The molecule has 0 N–H and O–H groups in total. The van der Waals surface area contributed by atoms with Crippen molar-refractivity contribution in [1.82, 2.24) is 15.1 Å². The number of ether oxygens (including phenoxy) is 1. The number of hydrogen-bond donors (Lipinski definition) is 0. The van der Waals surface area contributed by atoms with E-state index in [9.17, 15) is 0 Å². The highest BCUT2D eigenvalue weighted by molar-refractivity contribution is 6.29. The highest BCUT2D eigenvalue weighted by atomic mass is 35.5. The predicted octanol–water partition coefficient (Wildman–Crippen LogP) is 1.21. The molecule has 1 aliphatic rings. The lowest BCUT2D eigenvalue weighted by molar-refractivity contribution is 0.0746. The summed E-state index contributed by atoms with van der Waals surface area (Å²) in [5.74, 6) is 0.537. The Balaban J connectivity index is 1.83. The molecule has 0 saturated carbocycles. The van der Waals surface area contributed by atoms with Crippen molar-refractivity contribution in [1.29, 1.82) is 0 Å². The van der Waals surface area contributed by atoms with Gasteiger partial charge in [0.2, 0.25) is 5.88 Å². The van der Waals surface area contributed by atoms with Crippen LogP contribution in [0.25, 0.3) is 0 Å². The Morgan fingerprint density at radius 3 is 2.93 bits per heavy atom. The van der Waals surface area contributed by atoms with Crippen LogP contribution in [-0.4, -0.2) is 41.3 Å². The fraction of sp³-hybridized carbons (Fsp3) is 0.556. The van der Waals surface area contributed by atoms with E-state index in [2.05, 4.69) is 22.1 Å². The fourth-order valence-corrected chi connectivity index (χ4v) is 1.44. The molecule has 0 bridgehead atoms. The summed E-state index contributed by atoms with van der Waals surface area (Å²) in [6.45, 7) is 1.83. The largest absolute Gasteiger partial charge is 0.475 e. The van der Waals surface area contributed by atoms with Gasteiger partial charge in [-0.05, 0) is 26.1 Å². The van der Waals surface area contributed by atoms with E-state index in [4.69, 9.17) is 16.3 Å². The smallest absolute Gasteiger partial charge is 0.233 e. The molecule has 1 fully saturated rings. The quantitative estimate of drug-likeness (QED) is 0.757. The second-order valence-corrected chi connectivity index (χ2v) is 3.82. The first-order valence-electron chi connectivity index (χ1n) is 4.58. The normalized spacial score (nSPS) is 21.7. The highest BCUT2D eigenvalue weighted by Crippen LogP contribution is 2.16. The van der Waals surface area contributed by atoms with Crippen molar-refractivity contribution in [3.05, 3.63) is 17.3 Å². The van der Waals surface area contributed by atoms with Crippen LogP contribution in [0.3, 0.4) is 0 Å². The van der Waals surface area contributed by atoms with Crippen molar-refractivity contribution in [2.75, 3.05) is 20.2 Å². The summed E-state index contributed by atoms with van der Waals surface area (Å²) in [6, 6.07) is 3.93. The monoisotopic (exact) mass is 213 g/mol. The Morgan fingerprint density at radius 1 is 1.57 bits per heavy atom. The van der Waals surface area contributed by atoms with Crippen LogP contribution < -0.4 is 4.74 Å². The molecule has 4 nitrogen and oxygen atoms in total. The minimum absolute atomic E-state index is 0.387. The summed E-state index contributed by atoms with van der Waals surface area (Å²) in [7, 11) is 2.09. The van der Waals surface area contributed by atoms with Gasteiger partial charge < -0.3 is 4.74 Å². The second kappa shape index (κ2) is 4.11. The molecule has 1 aromatic rings. The molecular formula is C9H12ClN3O. The SMILES string of the molecule is CN1CC[C@H]1COc1ccc(Cl)nn1. The van der Waals surface area contributed by atoms with E-state index in [1.807, 2.05) is 0 Å². The van der Waals surface area contributed by atoms with E-state index in [1.54, 1.807) is 12.1 Å². The van der Waals surface area contributed by atoms with Crippen LogP contribution >= 0.6 is 11.6 Å². The van der Waals surface area contributed by atoms with Gasteiger partial charge in [0.15, 0.2) is 5.15 Å². The standard InChI is InChI=1S/C9H12ClN3O/c1-13-5-4-7(13)6-14-9-3-2-8(10)11-12-9/h2-3,7H,4-6H2,1H3/t7-/m0/s1. The minimum atomic E-state index is 0.387. The summed E-state index contributed by atoms with van der Waals surface area (Å²) in [4.78, 5) is 2.25. The molecule has 2 rings (SSSR count). The van der Waals surface area contributed by atoms with Crippen LogP contribution in [0.1, 0.15) is 6.42 Å². The number of nitrogens with zero attached hydrogens (tertiary/aromatic N) is 3. The van der Waals surface area contributed by atoms with E-state index in [0.29, 0.717) is 23.7 Å². The van der Waals surface area contributed by atoms with Crippen molar-refractivity contribution >= 4 is 11.6 Å². The van der Waals surface area contributed by atoms with E-state index < -0.39 is 0 Å². The van der Waals surface area contributed by atoms with Crippen molar-refractivity contribution < 1.29 is 4.74 Å². The van der Waals surface area contributed by atoms with Gasteiger partial charge in [0, 0.05) is 12.1 Å². The Hall–Kier alpha value is -0.870. The van der Waals surface area contributed by atoms with E-state index in [1.165, 1.54) is 6.42 Å². The zero-order chi connectivity index (χ0) is 9.97. The summed E-state index contributed by atoms with van der Waals surface area (Å²) >= 11 is 5.60. The van der Waals surface area contributed by atoms with Crippen molar-refractivity contribution in [3.63, 3.8) is 0 Å². The van der Waals surface area contributed by atoms with E-state index in [-0.39, 0.29) is 0 Å². The third-order valence-corrected chi connectivity index (χ3v) is 2.67. The second-order valence-electron chi connectivity index (χ2n) is 3.43. The molecule has 14 heavy (non-hydrogen) atoms. The maximum atomic E-state index is 5.60. The van der Waals surface area contributed by atoms with Gasteiger partial charge in [-0.3, -0.25) is 4.90 Å². The number of halogens is 1. The van der Waals surface area contributed by atoms with Gasteiger partial charge in [-0.2, -0.15) is 0 Å². The minimum Gasteiger partial charge on any atom is -0.475 e. The van der Waals surface area contributed by atoms with Crippen LogP contribution in [-0.2, 0) is 0 Å². The Bertz CT molecular complexity index is 303. The molecule has 0 amide bonds. The van der Waals surface area contributed by atoms with Crippen LogP contribution in [0, 0.1) is 0 Å². The van der Waals surface area contributed by atoms with Crippen LogP contribution in [0.2, 0.25) is 5.15 Å². The van der Waals surface area contributed by atoms with Crippen LogP contribution in [0.4, 0.5) is 0 Å². The summed E-state index contributed by atoms with van der Waals surface area (Å²) < 4.78 is 5.46. The number of hydrogen-bond acceptors (Lipinski definition) is 4. The Kier molecular flexibility index (Phi) is 2.84. The fourth-order valence-electron chi connectivity index (χ4n) is 1.34. The molecule has 0 spiro atoms. The van der Waals surface area contributed by atoms with Crippen molar-refractivity contribution in [2.45, 2.75) is 12.5 Å². The third-order valence-electron chi connectivity index (χ3n) is 2.47. The molecule has 1 aliphatic heterocycles. The molecule has 0 unspecified atom stereocenters. The first-order valence-corrected chi connectivity index (χ1v) is 4.96. The lowest BCUT2D eigenvalue weighted by Crippen LogP contribution is -2.48.